The van der Waals surface area contributed by atoms with Crippen molar-refractivity contribution in [2.75, 3.05) is 24.9 Å². The number of carbonyl (C=O) groups excluding carboxylic acids is 2. The van der Waals surface area contributed by atoms with Crippen molar-refractivity contribution in [1.29, 1.82) is 5.26 Å². The molecule has 0 spiro atoms. The van der Waals surface area contributed by atoms with Crippen LogP contribution in [0.4, 0.5) is 11.4 Å². The number of hydrogen-bond donors (Lipinski definition) is 2. The van der Waals surface area contributed by atoms with E-state index in [-0.39, 0.29) is 16.8 Å². The van der Waals surface area contributed by atoms with Crippen LogP contribution in [0.1, 0.15) is 15.9 Å². The van der Waals surface area contributed by atoms with E-state index < -0.39 is 11.9 Å². The van der Waals surface area contributed by atoms with Crippen LogP contribution < -0.4 is 15.4 Å². The van der Waals surface area contributed by atoms with Gasteiger partial charge in [0.25, 0.3) is 5.91 Å². The Morgan fingerprint density at radius 3 is 2.52 bits per heavy atom. The van der Waals surface area contributed by atoms with Gasteiger partial charge in [0, 0.05) is 6.20 Å². The van der Waals surface area contributed by atoms with Crippen LogP contribution in [0.3, 0.4) is 0 Å². The number of benzene rings is 2. The molecule has 0 heterocycles. The summed E-state index contributed by atoms with van der Waals surface area (Å²) in [6, 6.07) is 13.7. The SMILES string of the molecule is COC(=O)c1ccccc1NC(=O)/C(C#N)=C\Nc1cc(C)ccc1OC. The average Bonchev–Trinajstić information content (AvgIpc) is 2.68. The zero-order valence-electron chi connectivity index (χ0n) is 15.2. The van der Waals surface area contributed by atoms with E-state index in [9.17, 15) is 14.9 Å². The second kappa shape index (κ2) is 9.06. The van der Waals surface area contributed by atoms with Crippen LogP contribution in [0.25, 0.3) is 0 Å². The maximum absolute atomic E-state index is 12.4. The minimum atomic E-state index is -0.659. The Bertz CT molecular complexity index is 929. The molecule has 0 aliphatic carbocycles. The highest BCUT2D eigenvalue weighted by Crippen LogP contribution is 2.25. The monoisotopic (exact) mass is 365 g/mol. The summed E-state index contributed by atoms with van der Waals surface area (Å²) < 4.78 is 9.94. The molecule has 2 N–H and O–H groups in total. The molecular weight excluding hydrogens is 346 g/mol. The summed E-state index contributed by atoms with van der Waals surface area (Å²) in [7, 11) is 2.78. The molecule has 2 rings (SSSR count). The lowest BCUT2D eigenvalue weighted by atomic mass is 10.1. The molecule has 0 bridgehead atoms. The van der Waals surface area contributed by atoms with Gasteiger partial charge in [-0.2, -0.15) is 5.26 Å². The number of nitriles is 1. The minimum Gasteiger partial charge on any atom is -0.495 e. The van der Waals surface area contributed by atoms with E-state index in [0.29, 0.717) is 11.4 Å². The lowest BCUT2D eigenvalue weighted by molar-refractivity contribution is -0.112. The van der Waals surface area contributed by atoms with E-state index in [4.69, 9.17) is 9.47 Å². The molecule has 0 aliphatic heterocycles. The highest BCUT2D eigenvalue weighted by atomic mass is 16.5. The lowest BCUT2D eigenvalue weighted by Crippen LogP contribution is -2.17. The molecule has 0 radical (unpaired) electrons. The largest absolute Gasteiger partial charge is 0.495 e. The Labute approximate surface area is 157 Å². The summed E-state index contributed by atoms with van der Waals surface area (Å²) in [5.41, 5.74) is 1.88. The van der Waals surface area contributed by atoms with Crippen LogP contribution in [0.15, 0.2) is 54.2 Å². The molecule has 0 aromatic heterocycles. The fourth-order valence-electron chi connectivity index (χ4n) is 2.30. The summed E-state index contributed by atoms with van der Waals surface area (Å²) in [6.07, 6.45) is 1.29. The number of esters is 1. The molecule has 0 fully saturated rings. The van der Waals surface area contributed by atoms with E-state index in [0.717, 1.165) is 5.56 Å². The maximum Gasteiger partial charge on any atom is 0.339 e. The molecule has 0 saturated carbocycles. The Morgan fingerprint density at radius 1 is 1.11 bits per heavy atom. The van der Waals surface area contributed by atoms with E-state index in [1.807, 2.05) is 25.1 Å². The van der Waals surface area contributed by atoms with Gasteiger partial charge in [0.05, 0.1) is 31.2 Å². The summed E-state index contributed by atoms with van der Waals surface area (Å²) in [5.74, 6) is -0.672. The Kier molecular flexibility index (Phi) is 6.55. The molecule has 27 heavy (non-hydrogen) atoms. The molecule has 0 aliphatic rings. The number of ether oxygens (including phenoxy) is 2. The summed E-state index contributed by atoms with van der Waals surface area (Å²) >= 11 is 0. The number of rotatable bonds is 6. The number of carbonyl (C=O) groups is 2. The molecule has 138 valence electrons. The van der Waals surface area contributed by atoms with Gasteiger partial charge >= 0.3 is 5.97 Å². The molecule has 2 aromatic rings. The first kappa shape index (κ1) is 19.5. The van der Waals surface area contributed by atoms with Gasteiger partial charge in [0.15, 0.2) is 0 Å². The van der Waals surface area contributed by atoms with Gasteiger partial charge in [-0.3, -0.25) is 4.79 Å². The standard InChI is InChI=1S/C20H19N3O4/c1-13-8-9-18(26-2)17(10-13)22-12-14(11-21)19(24)23-16-7-5-4-6-15(16)20(25)27-3/h4-10,12,22H,1-3H3,(H,23,24)/b14-12-. The number of nitrogens with one attached hydrogen (secondary N) is 2. The predicted molar refractivity (Wildman–Crippen MR) is 101 cm³/mol. The average molecular weight is 365 g/mol. The zero-order chi connectivity index (χ0) is 19.8. The number of methoxy groups -OCH3 is 2. The zero-order valence-corrected chi connectivity index (χ0v) is 15.2. The first-order valence-corrected chi connectivity index (χ1v) is 8.00. The molecule has 1 amide bonds. The predicted octanol–water partition coefficient (Wildman–Crippen LogP) is 3.25. The van der Waals surface area contributed by atoms with Gasteiger partial charge in [-0.15, -0.1) is 0 Å². The first-order chi connectivity index (χ1) is 13.0. The molecule has 0 saturated heterocycles. The van der Waals surface area contributed by atoms with Crippen molar-refractivity contribution < 1.29 is 19.1 Å². The van der Waals surface area contributed by atoms with Crippen molar-refractivity contribution in [3.05, 3.63) is 65.4 Å². The highest BCUT2D eigenvalue weighted by Gasteiger charge is 2.16. The summed E-state index contributed by atoms with van der Waals surface area (Å²) in [5, 5.41) is 14.8. The number of amides is 1. The molecule has 2 aromatic carbocycles. The van der Waals surface area contributed by atoms with E-state index >= 15 is 0 Å². The van der Waals surface area contributed by atoms with Crippen molar-refractivity contribution in [3.8, 4) is 11.8 Å². The molecule has 7 nitrogen and oxygen atoms in total. The third-order valence-electron chi connectivity index (χ3n) is 3.67. The fraction of sp³-hybridized carbons (Fsp3) is 0.150. The minimum absolute atomic E-state index is 0.168. The van der Waals surface area contributed by atoms with Gasteiger partial charge in [0.1, 0.15) is 17.4 Å². The fourth-order valence-corrected chi connectivity index (χ4v) is 2.30. The number of nitrogens with zero attached hydrogens (tertiary/aromatic N) is 1. The van der Waals surface area contributed by atoms with Crippen molar-refractivity contribution in [2.45, 2.75) is 6.92 Å². The third kappa shape index (κ3) is 4.86. The van der Waals surface area contributed by atoms with Gasteiger partial charge in [-0.1, -0.05) is 18.2 Å². The van der Waals surface area contributed by atoms with Crippen LogP contribution in [0.5, 0.6) is 5.75 Å². The first-order valence-electron chi connectivity index (χ1n) is 8.00. The van der Waals surface area contributed by atoms with Gasteiger partial charge in [-0.25, -0.2) is 4.79 Å². The van der Waals surface area contributed by atoms with Crippen molar-refractivity contribution >= 4 is 23.3 Å². The van der Waals surface area contributed by atoms with Crippen molar-refractivity contribution in [3.63, 3.8) is 0 Å². The maximum atomic E-state index is 12.4. The molecule has 0 unspecified atom stereocenters. The van der Waals surface area contributed by atoms with Gasteiger partial charge in [-0.05, 0) is 36.8 Å². The van der Waals surface area contributed by atoms with E-state index in [1.54, 1.807) is 24.3 Å². The van der Waals surface area contributed by atoms with Crippen LogP contribution in [-0.2, 0) is 9.53 Å². The topological polar surface area (TPSA) is 100 Å². The van der Waals surface area contributed by atoms with Crippen LogP contribution in [-0.4, -0.2) is 26.1 Å². The summed E-state index contributed by atoms with van der Waals surface area (Å²) in [6.45, 7) is 1.91. The van der Waals surface area contributed by atoms with Crippen molar-refractivity contribution in [1.82, 2.24) is 0 Å². The Morgan fingerprint density at radius 2 is 1.85 bits per heavy atom. The molecular formula is C20H19N3O4. The second-order valence-electron chi connectivity index (χ2n) is 5.51. The van der Waals surface area contributed by atoms with Gasteiger partial charge < -0.3 is 20.1 Å². The molecule has 7 heteroatoms. The molecule has 0 atom stereocenters. The third-order valence-corrected chi connectivity index (χ3v) is 3.67. The van der Waals surface area contributed by atoms with Crippen LogP contribution >= 0.6 is 0 Å². The van der Waals surface area contributed by atoms with Crippen LogP contribution in [0, 0.1) is 18.3 Å². The number of anilines is 2. The summed E-state index contributed by atoms with van der Waals surface area (Å²) in [4.78, 5) is 24.2. The Balaban J connectivity index is 2.23. The highest BCUT2D eigenvalue weighted by molar-refractivity contribution is 6.09. The second-order valence-corrected chi connectivity index (χ2v) is 5.51. The lowest BCUT2D eigenvalue weighted by Gasteiger charge is -2.11. The van der Waals surface area contributed by atoms with Crippen molar-refractivity contribution in [2.24, 2.45) is 0 Å². The number of para-hydroxylation sites is 1. The van der Waals surface area contributed by atoms with E-state index in [2.05, 4.69) is 10.6 Å². The van der Waals surface area contributed by atoms with E-state index in [1.165, 1.54) is 26.5 Å². The number of aryl methyl sites for hydroxylation is 1. The quantitative estimate of drug-likeness (QED) is 0.463. The normalized spacial score (nSPS) is 10.5. The smallest absolute Gasteiger partial charge is 0.339 e. The van der Waals surface area contributed by atoms with Crippen LogP contribution in [0.2, 0.25) is 0 Å². The Hall–Kier alpha value is -3.79. The number of hydrogen-bond acceptors (Lipinski definition) is 6. The van der Waals surface area contributed by atoms with Gasteiger partial charge in [0.2, 0.25) is 0 Å².